The van der Waals surface area contributed by atoms with E-state index in [-0.39, 0.29) is 11.4 Å². The minimum atomic E-state index is -0.309. The zero-order valence-electron chi connectivity index (χ0n) is 10.3. The molecule has 16 heavy (non-hydrogen) atoms. The smallest absolute Gasteiger partial charge is 0.240 e. The van der Waals surface area contributed by atoms with Gasteiger partial charge in [0.1, 0.15) is 0 Å². The summed E-state index contributed by atoms with van der Waals surface area (Å²) in [6.07, 6.45) is 8.62. The van der Waals surface area contributed by atoms with E-state index in [0.717, 1.165) is 25.4 Å². The molecule has 1 aliphatic carbocycles. The van der Waals surface area contributed by atoms with Gasteiger partial charge in [-0.3, -0.25) is 4.79 Å². The molecule has 1 unspecified atom stereocenters. The first kappa shape index (κ1) is 11.9. The predicted molar refractivity (Wildman–Crippen MR) is 65.2 cm³/mol. The summed E-state index contributed by atoms with van der Waals surface area (Å²) < 4.78 is 0. The molecule has 1 saturated heterocycles. The Bertz CT molecular complexity index is 240. The molecule has 0 spiro atoms. The maximum absolute atomic E-state index is 12.1. The number of amides is 1. The van der Waals surface area contributed by atoms with E-state index in [1.807, 2.05) is 6.92 Å². The molecule has 3 heteroatoms. The Balaban J connectivity index is 1.77. The maximum atomic E-state index is 12.1. The molecule has 0 aromatic rings. The fourth-order valence-electron chi connectivity index (χ4n) is 2.90. The Hall–Kier alpha value is -0.570. The average molecular weight is 224 g/mol. The van der Waals surface area contributed by atoms with Gasteiger partial charge in [-0.15, -0.1) is 0 Å². The Morgan fingerprint density at radius 2 is 2.06 bits per heavy atom. The van der Waals surface area contributed by atoms with Crippen LogP contribution in [-0.2, 0) is 4.79 Å². The third-order valence-electron chi connectivity index (χ3n) is 4.15. The van der Waals surface area contributed by atoms with E-state index in [1.54, 1.807) is 0 Å². The summed E-state index contributed by atoms with van der Waals surface area (Å²) in [4.78, 5) is 12.1. The zero-order valence-corrected chi connectivity index (χ0v) is 10.3. The van der Waals surface area contributed by atoms with Crippen LogP contribution < -0.4 is 10.6 Å². The zero-order chi connectivity index (χ0) is 11.4. The van der Waals surface area contributed by atoms with Crippen molar-refractivity contribution in [1.29, 1.82) is 0 Å². The van der Waals surface area contributed by atoms with Crippen molar-refractivity contribution in [3.05, 3.63) is 0 Å². The van der Waals surface area contributed by atoms with Crippen LogP contribution in [0.4, 0.5) is 0 Å². The average Bonchev–Trinajstić information content (AvgIpc) is 2.79. The molecule has 1 heterocycles. The van der Waals surface area contributed by atoms with Gasteiger partial charge in [0.25, 0.3) is 0 Å². The fourth-order valence-corrected chi connectivity index (χ4v) is 2.90. The van der Waals surface area contributed by atoms with Crippen LogP contribution in [0.2, 0.25) is 0 Å². The Morgan fingerprint density at radius 1 is 1.31 bits per heavy atom. The first-order valence-electron chi connectivity index (χ1n) is 6.74. The number of carbonyl (C=O) groups excluding carboxylic acids is 1. The molecular formula is C13H24N2O. The maximum Gasteiger partial charge on any atom is 0.240 e. The van der Waals surface area contributed by atoms with Crippen molar-refractivity contribution in [2.45, 2.75) is 57.4 Å². The standard InChI is InChI=1S/C13H24N2O/c1-13(8-4-5-9-15-13)12(16)14-10-11-6-2-3-7-11/h11,15H,2-10H2,1H3,(H,14,16). The highest BCUT2D eigenvalue weighted by molar-refractivity contribution is 5.85. The van der Waals surface area contributed by atoms with Crippen molar-refractivity contribution in [1.82, 2.24) is 10.6 Å². The van der Waals surface area contributed by atoms with E-state index >= 15 is 0 Å². The quantitative estimate of drug-likeness (QED) is 0.768. The van der Waals surface area contributed by atoms with Gasteiger partial charge in [-0.2, -0.15) is 0 Å². The Kier molecular flexibility index (Phi) is 3.85. The van der Waals surface area contributed by atoms with Gasteiger partial charge in [0.05, 0.1) is 5.54 Å². The van der Waals surface area contributed by atoms with Crippen LogP contribution in [-0.4, -0.2) is 24.5 Å². The molecule has 0 aromatic heterocycles. The third kappa shape index (κ3) is 2.76. The van der Waals surface area contributed by atoms with Crippen molar-refractivity contribution in [3.8, 4) is 0 Å². The summed E-state index contributed by atoms with van der Waals surface area (Å²) in [6, 6.07) is 0. The lowest BCUT2D eigenvalue weighted by atomic mass is 9.90. The molecule has 1 atom stereocenters. The lowest BCUT2D eigenvalue weighted by Crippen LogP contribution is -2.57. The number of hydrogen-bond donors (Lipinski definition) is 2. The van der Waals surface area contributed by atoms with Crippen LogP contribution in [0, 0.1) is 5.92 Å². The van der Waals surface area contributed by atoms with E-state index in [1.165, 1.54) is 38.5 Å². The minimum Gasteiger partial charge on any atom is -0.354 e. The largest absolute Gasteiger partial charge is 0.354 e. The van der Waals surface area contributed by atoms with Gasteiger partial charge in [-0.05, 0) is 51.5 Å². The first-order valence-corrected chi connectivity index (χ1v) is 6.74. The van der Waals surface area contributed by atoms with Gasteiger partial charge in [0, 0.05) is 6.54 Å². The second kappa shape index (κ2) is 5.17. The molecule has 1 saturated carbocycles. The van der Waals surface area contributed by atoms with Gasteiger partial charge in [0.2, 0.25) is 5.91 Å². The SMILES string of the molecule is CC1(C(=O)NCC2CCCC2)CCCCN1. The first-order chi connectivity index (χ1) is 7.71. The topological polar surface area (TPSA) is 41.1 Å². The van der Waals surface area contributed by atoms with E-state index in [4.69, 9.17) is 0 Å². The normalized spacial score (nSPS) is 31.6. The molecule has 2 rings (SSSR count). The number of piperidine rings is 1. The highest BCUT2D eigenvalue weighted by atomic mass is 16.2. The molecular weight excluding hydrogens is 200 g/mol. The summed E-state index contributed by atoms with van der Waals surface area (Å²) in [5.74, 6) is 0.940. The predicted octanol–water partition coefficient (Wildman–Crippen LogP) is 1.82. The van der Waals surface area contributed by atoms with Gasteiger partial charge < -0.3 is 10.6 Å². The van der Waals surface area contributed by atoms with Crippen LogP contribution in [0.15, 0.2) is 0 Å². The molecule has 0 radical (unpaired) electrons. The lowest BCUT2D eigenvalue weighted by Gasteiger charge is -2.33. The Labute approximate surface area is 98.4 Å². The molecule has 0 aromatic carbocycles. The number of nitrogens with one attached hydrogen (secondary N) is 2. The summed E-state index contributed by atoms with van der Waals surface area (Å²) in [6.45, 7) is 3.90. The van der Waals surface area contributed by atoms with Crippen LogP contribution in [0.3, 0.4) is 0 Å². The van der Waals surface area contributed by atoms with Crippen molar-refractivity contribution in [2.24, 2.45) is 5.92 Å². The van der Waals surface area contributed by atoms with E-state index in [0.29, 0.717) is 0 Å². The van der Waals surface area contributed by atoms with Crippen molar-refractivity contribution >= 4 is 5.91 Å². The minimum absolute atomic E-state index is 0.208. The molecule has 2 aliphatic rings. The van der Waals surface area contributed by atoms with E-state index in [2.05, 4.69) is 10.6 Å². The molecule has 3 nitrogen and oxygen atoms in total. The van der Waals surface area contributed by atoms with E-state index < -0.39 is 0 Å². The van der Waals surface area contributed by atoms with Gasteiger partial charge in [0.15, 0.2) is 0 Å². The van der Waals surface area contributed by atoms with Crippen molar-refractivity contribution in [3.63, 3.8) is 0 Å². The van der Waals surface area contributed by atoms with Crippen LogP contribution in [0.25, 0.3) is 0 Å². The second-order valence-corrected chi connectivity index (χ2v) is 5.58. The van der Waals surface area contributed by atoms with Crippen molar-refractivity contribution < 1.29 is 4.79 Å². The van der Waals surface area contributed by atoms with Crippen LogP contribution in [0.5, 0.6) is 0 Å². The van der Waals surface area contributed by atoms with Crippen LogP contribution in [0.1, 0.15) is 51.9 Å². The third-order valence-corrected chi connectivity index (χ3v) is 4.15. The number of hydrogen-bond acceptors (Lipinski definition) is 2. The number of carbonyl (C=O) groups is 1. The molecule has 2 fully saturated rings. The summed E-state index contributed by atoms with van der Waals surface area (Å²) in [5, 5.41) is 6.49. The van der Waals surface area contributed by atoms with Crippen LogP contribution >= 0.6 is 0 Å². The molecule has 0 bridgehead atoms. The fraction of sp³-hybridized carbons (Fsp3) is 0.923. The highest BCUT2D eigenvalue weighted by Crippen LogP contribution is 2.24. The molecule has 92 valence electrons. The van der Waals surface area contributed by atoms with Gasteiger partial charge in [-0.1, -0.05) is 12.8 Å². The molecule has 1 aliphatic heterocycles. The highest BCUT2D eigenvalue weighted by Gasteiger charge is 2.34. The number of rotatable bonds is 3. The Morgan fingerprint density at radius 3 is 2.69 bits per heavy atom. The summed E-state index contributed by atoms with van der Waals surface area (Å²) in [7, 11) is 0. The summed E-state index contributed by atoms with van der Waals surface area (Å²) >= 11 is 0. The van der Waals surface area contributed by atoms with Gasteiger partial charge >= 0.3 is 0 Å². The van der Waals surface area contributed by atoms with Gasteiger partial charge in [-0.25, -0.2) is 0 Å². The molecule has 2 N–H and O–H groups in total. The van der Waals surface area contributed by atoms with E-state index in [9.17, 15) is 4.79 Å². The lowest BCUT2D eigenvalue weighted by molar-refractivity contribution is -0.128. The monoisotopic (exact) mass is 224 g/mol. The summed E-state index contributed by atoms with van der Waals surface area (Å²) in [5.41, 5.74) is -0.309. The van der Waals surface area contributed by atoms with Crippen molar-refractivity contribution in [2.75, 3.05) is 13.1 Å². The second-order valence-electron chi connectivity index (χ2n) is 5.58. The molecule has 1 amide bonds.